The van der Waals surface area contributed by atoms with Gasteiger partial charge in [0.15, 0.2) is 5.94 Å². The summed E-state index contributed by atoms with van der Waals surface area (Å²) in [5.74, 6) is 1.59. The number of hydrogen-bond acceptors (Lipinski definition) is 3. The van der Waals surface area contributed by atoms with E-state index in [9.17, 15) is 4.79 Å². The van der Waals surface area contributed by atoms with E-state index >= 15 is 0 Å². The van der Waals surface area contributed by atoms with Crippen molar-refractivity contribution in [2.45, 2.75) is 0 Å². The molecule has 0 radical (unpaired) electrons. The molecule has 0 N–H and O–H groups in total. The molecule has 0 unspecified atom stereocenters. The summed E-state index contributed by atoms with van der Waals surface area (Å²) >= 11 is 3.81. The van der Waals surface area contributed by atoms with Crippen molar-refractivity contribution in [1.82, 2.24) is 0 Å². The summed E-state index contributed by atoms with van der Waals surface area (Å²) in [6.07, 6.45) is 1.39. The van der Waals surface area contributed by atoms with E-state index in [1.54, 1.807) is 0 Å². The summed E-state index contributed by atoms with van der Waals surface area (Å²) in [6, 6.07) is 0. The van der Waals surface area contributed by atoms with Crippen molar-refractivity contribution in [2.75, 3.05) is 0 Å². The van der Waals surface area contributed by atoms with Gasteiger partial charge in [-0.05, 0) is 0 Å². The molecule has 0 fully saturated rings. The second-order valence-electron chi connectivity index (χ2n) is 1.15. The maximum absolute atomic E-state index is 9.74. The molecule has 40 valence electrons. The molecule has 8 heavy (non-hydrogen) atoms. The van der Waals surface area contributed by atoms with Crippen molar-refractivity contribution < 1.29 is 4.79 Å². The summed E-state index contributed by atoms with van der Waals surface area (Å²) in [6.45, 7) is 0. The predicted octanol–water partition coefficient (Wildman–Crippen LogP) is 0.0721. The minimum absolute atomic E-state index is 0.0648. The standard InChI is InChI=1S/C4H2N2OS/c7-2-3-5-1-4(8)6-3/h1H,(H,6,8). The summed E-state index contributed by atoms with van der Waals surface area (Å²) in [5.41, 5.74) is 0. The summed E-state index contributed by atoms with van der Waals surface area (Å²) < 4.78 is 0. The molecule has 0 saturated heterocycles. The normalized spacial score (nSPS) is 16.1. The van der Waals surface area contributed by atoms with Gasteiger partial charge in [-0.15, -0.1) is 12.6 Å². The minimum atomic E-state index is 0.0648. The number of rotatable bonds is 0. The number of nitrogens with zero attached hydrogens (tertiary/aromatic N) is 2. The average molecular weight is 126 g/mol. The fourth-order valence-electron chi connectivity index (χ4n) is 0.334. The molecule has 3 nitrogen and oxygen atoms in total. The van der Waals surface area contributed by atoms with Crippen molar-refractivity contribution in [1.29, 1.82) is 0 Å². The lowest BCUT2D eigenvalue weighted by Gasteiger charge is -1.71. The van der Waals surface area contributed by atoms with Gasteiger partial charge in [0.05, 0.1) is 6.21 Å². The molecule has 1 aliphatic rings. The lowest BCUT2D eigenvalue weighted by atomic mass is 10.8. The number of thiol groups is 1. The molecule has 4 heteroatoms. The highest BCUT2D eigenvalue weighted by Gasteiger charge is 1.99. The third kappa shape index (κ3) is 0.857. The zero-order chi connectivity index (χ0) is 5.98. The molecular formula is C4H2N2OS. The molecule has 0 amide bonds. The van der Waals surface area contributed by atoms with Gasteiger partial charge in [-0.25, -0.2) is 14.8 Å². The van der Waals surface area contributed by atoms with Crippen LogP contribution in [0.25, 0.3) is 0 Å². The van der Waals surface area contributed by atoms with E-state index in [0.29, 0.717) is 5.04 Å². The fourth-order valence-corrected chi connectivity index (χ4v) is 0.487. The van der Waals surface area contributed by atoms with Gasteiger partial charge >= 0.3 is 0 Å². The average Bonchev–Trinajstić information content (AvgIpc) is 2.14. The molecule has 1 rings (SSSR count). The molecule has 0 aliphatic carbocycles. The first-order valence-corrected chi connectivity index (χ1v) is 2.34. The second-order valence-corrected chi connectivity index (χ2v) is 1.61. The van der Waals surface area contributed by atoms with Crippen LogP contribution >= 0.6 is 12.6 Å². The van der Waals surface area contributed by atoms with Crippen molar-refractivity contribution >= 4 is 29.8 Å². The zero-order valence-electron chi connectivity index (χ0n) is 3.83. The lowest BCUT2D eigenvalue weighted by molar-refractivity contribution is 0.566. The van der Waals surface area contributed by atoms with Crippen LogP contribution in [0.2, 0.25) is 0 Å². The van der Waals surface area contributed by atoms with Gasteiger partial charge in [-0.1, -0.05) is 0 Å². The monoisotopic (exact) mass is 126 g/mol. The van der Waals surface area contributed by atoms with Gasteiger partial charge < -0.3 is 0 Å². The second kappa shape index (κ2) is 1.94. The van der Waals surface area contributed by atoms with E-state index in [1.807, 2.05) is 0 Å². The largest absolute Gasteiger partial charge is 0.239 e. The quantitative estimate of drug-likeness (QED) is 0.362. The number of aliphatic imine (C=N–C) groups is 2. The Morgan fingerprint density at radius 3 is 2.75 bits per heavy atom. The SMILES string of the molecule is O=C=C1N=CC(S)=N1. The Balaban J connectivity index is 3.01. The first-order chi connectivity index (χ1) is 3.83. The van der Waals surface area contributed by atoms with Gasteiger partial charge in [-0.2, -0.15) is 0 Å². The highest BCUT2D eigenvalue weighted by molar-refractivity contribution is 7.99. The van der Waals surface area contributed by atoms with Gasteiger partial charge in [0.25, 0.3) is 0 Å². The predicted molar refractivity (Wildman–Crippen MR) is 34.1 cm³/mol. The van der Waals surface area contributed by atoms with E-state index in [1.165, 1.54) is 12.2 Å². The van der Waals surface area contributed by atoms with Gasteiger partial charge in [0, 0.05) is 0 Å². The van der Waals surface area contributed by atoms with Crippen molar-refractivity contribution in [2.24, 2.45) is 9.98 Å². The smallest absolute Gasteiger partial charge is 0.229 e. The Hall–Kier alpha value is -0.860. The Kier molecular flexibility index (Phi) is 1.28. The molecule has 0 bridgehead atoms. The van der Waals surface area contributed by atoms with Crippen LogP contribution in [-0.2, 0) is 4.79 Å². The highest BCUT2D eigenvalue weighted by Crippen LogP contribution is 2.01. The van der Waals surface area contributed by atoms with Crippen LogP contribution in [-0.4, -0.2) is 17.2 Å². The Labute approximate surface area is 51.2 Å². The highest BCUT2D eigenvalue weighted by atomic mass is 32.1. The van der Waals surface area contributed by atoms with E-state index in [0.717, 1.165) is 0 Å². The molecular weight excluding hydrogens is 124 g/mol. The third-order valence-corrected chi connectivity index (χ3v) is 0.830. The lowest BCUT2D eigenvalue weighted by Crippen LogP contribution is -1.77. The van der Waals surface area contributed by atoms with Crippen LogP contribution < -0.4 is 0 Å². The van der Waals surface area contributed by atoms with Gasteiger partial charge in [-0.3, -0.25) is 0 Å². The van der Waals surface area contributed by atoms with Crippen LogP contribution in [0.15, 0.2) is 15.8 Å². The zero-order valence-corrected chi connectivity index (χ0v) is 4.72. The maximum atomic E-state index is 9.74. The van der Waals surface area contributed by atoms with E-state index in [2.05, 4.69) is 22.6 Å². The fraction of sp³-hybridized carbons (Fsp3) is 0. The van der Waals surface area contributed by atoms with Crippen LogP contribution in [0.1, 0.15) is 0 Å². The molecule has 0 atom stereocenters. The topological polar surface area (TPSA) is 41.8 Å². The van der Waals surface area contributed by atoms with E-state index in [-0.39, 0.29) is 5.82 Å². The van der Waals surface area contributed by atoms with Crippen molar-refractivity contribution in [3.05, 3.63) is 5.82 Å². The maximum Gasteiger partial charge on any atom is 0.239 e. The minimum Gasteiger partial charge on any atom is -0.229 e. The Morgan fingerprint density at radius 1 is 1.75 bits per heavy atom. The molecule has 0 spiro atoms. The third-order valence-electron chi connectivity index (χ3n) is 0.614. The van der Waals surface area contributed by atoms with Crippen molar-refractivity contribution in [3.63, 3.8) is 0 Å². The van der Waals surface area contributed by atoms with Crippen molar-refractivity contribution in [3.8, 4) is 0 Å². The molecule has 1 aliphatic heterocycles. The van der Waals surface area contributed by atoms with Crippen LogP contribution in [0.5, 0.6) is 0 Å². The number of carbonyl (C=O) groups excluding carboxylic acids is 1. The van der Waals surface area contributed by atoms with Crippen LogP contribution in [0.4, 0.5) is 0 Å². The Morgan fingerprint density at radius 2 is 2.50 bits per heavy atom. The first kappa shape index (κ1) is 5.28. The number of hydrogen-bond donors (Lipinski definition) is 1. The molecule has 1 heterocycles. The Bertz CT molecular complexity index is 212. The van der Waals surface area contributed by atoms with Crippen LogP contribution in [0.3, 0.4) is 0 Å². The molecule has 0 aromatic rings. The molecule has 0 aromatic carbocycles. The molecule has 0 saturated carbocycles. The first-order valence-electron chi connectivity index (χ1n) is 1.90. The van der Waals surface area contributed by atoms with Gasteiger partial charge in [0.2, 0.25) is 5.82 Å². The van der Waals surface area contributed by atoms with Crippen LogP contribution in [0, 0.1) is 0 Å². The summed E-state index contributed by atoms with van der Waals surface area (Å²) in [5, 5.41) is 0.448. The molecule has 0 aromatic heterocycles. The van der Waals surface area contributed by atoms with E-state index < -0.39 is 0 Å². The summed E-state index contributed by atoms with van der Waals surface area (Å²) in [4.78, 5) is 16.8. The van der Waals surface area contributed by atoms with Gasteiger partial charge in [0.1, 0.15) is 5.04 Å². The summed E-state index contributed by atoms with van der Waals surface area (Å²) in [7, 11) is 0. The van der Waals surface area contributed by atoms with E-state index in [4.69, 9.17) is 0 Å².